The Bertz CT molecular complexity index is 1320. The Hall–Kier alpha value is -3.99. The molecule has 4 N–H and O–H groups in total. The molecule has 0 aliphatic rings. The minimum atomic E-state index is -0.218. The largest absolute Gasteiger partial charge is 0.368 e. The lowest BCUT2D eigenvalue weighted by atomic mass is 10.2. The van der Waals surface area contributed by atoms with Crippen molar-refractivity contribution in [2.24, 2.45) is 0 Å². The number of fused-ring (bicyclic) bond motifs is 1. The molecule has 0 atom stereocenters. The first-order valence-corrected chi connectivity index (χ1v) is 11.6. The molecule has 11 nitrogen and oxygen atoms in total. The maximum absolute atomic E-state index is 12.2. The number of hydrogen-bond donors (Lipinski definition) is 4. The average molecular weight is 479 g/mol. The Labute approximate surface area is 202 Å². The monoisotopic (exact) mass is 478 g/mol. The van der Waals surface area contributed by atoms with Gasteiger partial charge < -0.3 is 25.0 Å². The first-order valence-electron chi connectivity index (χ1n) is 11.6. The van der Waals surface area contributed by atoms with Crippen LogP contribution in [0.1, 0.15) is 24.4 Å². The number of anilines is 1. The predicted octanol–water partition coefficient (Wildman–Crippen LogP) is 1.96. The van der Waals surface area contributed by atoms with Gasteiger partial charge in [0.15, 0.2) is 5.82 Å². The van der Waals surface area contributed by atoms with Crippen LogP contribution in [0, 0.1) is 0 Å². The molecule has 1 aromatic carbocycles. The van der Waals surface area contributed by atoms with Gasteiger partial charge in [0.05, 0.1) is 11.1 Å². The van der Waals surface area contributed by atoms with Crippen molar-refractivity contribution in [2.75, 3.05) is 39.0 Å². The van der Waals surface area contributed by atoms with Crippen molar-refractivity contribution in [1.29, 1.82) is 0 Å². The van der Waals surface area contributed by atoms with Gasteiger partial charge in [0.25, 0.3) is 5.56 Å². The molecule has 0 radical (unpaired) electrons. The third-order valence-electron chi connectivity index (χ3n) is 5.51. The number of aromatic nitrogens is 5. The molecule has 0 saturated carbocycles. The van der Waals surface area contributed by atoms with Crippen molar-refractivity contribution in [2.45, 2.75) is 25.7 Å². The van der Waals surface area contributed by atoms with Crippen LogP contribution >= 0.6 is 0 Å². The zero-order valence-electron chi connectivity index (χ0n) is 19.9. The van der Waals surface area contributed by atoms with Crippen LogP contribution in [-0.4, -0.2) is 69.9 Å². The Morgan fingerprint density at radius 3 is 2.74 bits per heavy atom. The predicted molar refractivity (Wildman–Crippen MR) is 133 cm³/mol. The van der Waals surface area contributed by atoms with Crippen LogP contribution < -0.4 is 16.2 Å². The summed E-state index contributed by atoms with van der Waals surface area (Å²) in [6, 6.07) is 11.2. The summed E-state index contributed by atoms with van der Waals surface area (Å²) in [4.78, 5) is 33.9. The van der Waals surface area contributed by atoms with E-state index >= 15 is 0 Å². The van der Waals surface area contributed by atoms with Crippen molar-refractivity contribution in [3.05, 3.63) is 58.3 Å². The van der Waals surface area contributed by atoms with Crippen LogP contribution in [0.5, 0.6) is 0 Å². The SMILES string of the molecule is CN(C)CCc1ccc(-c2noc(CCC(=O)NCCCNc3n[nH]c(=O)c4ccccc34)n2)[nH]1. The van der Waals surface area contributed by atoms with Crippen LogP contribution in [0.15, 0.2) is 45.7 Å². The molecule has 0 unspecified atom stereocenters. The minimum Gasteiger partial charge on any atom is -0.368 e. The second-order valence-electron chi connectivity index (χ2n) is 8.54. The lowest BCUT2D eigenvalue weighted by Gasteiger charge is -2.08. The molecule has 11 heteroatoms. The number of nitrogens with zero attached hydrogens (tertiary/aromatic N) is 4. The van der Waals surface area contributed by atoms with Crippen molar-refractivity contribution in [3.63, 3.8) is 0 Å². The summed E-state index contributed by atoms with van der Waals surface area (Å²) in [5.41, 5.74) is 1.69. The quantitative estimate of drug-likeness (QED) is 0.226. The van der Waals surface area contributed by atoms with E-state index in [2.05, 4.69) is 40.9 Å². The van der Waals surface area contributed by atoms with Crippen LogP contribution in [0.25, 0.3) is 22.3 Å². The topological polar surface area (TPSA) is 145 Å². The molecule has 0 bridgehead atoms. The Kier molecular flexibility index (Phi) is 7.88. The standard InChI is InChI=1S/C24H30N8O3/c1-32(2)15-12-16-8-9-19(27-16)23-28-21(35-31-23)11-10-20(33)25-13-5-14-26-22-17-6-3-4-7-18(17)24(34)30-29-22/h3-4,6-9,27H,5,10-15H2,1-2H3,(H,25,33)(H,26,29)(H,30,34). The van der Waals surface area contributed by atoms with Crippen LogP contribution in [0.2, 0.25) is 0 Å². The van der Waals surface area contributed by atoms with Crippen LogP contribution in [0.3, 0.4) is 0 Å². The molecule has 4 aromatic rings. The molecule has 35 heavy (non-hydrogen) atoms. The fraction of sp³-hybridized carbons (Fsp3) is 0.375. The number of nitrogens with one attached hydrogen (secondary N) is 4. The Morgan fingerprint density at radius 1 is 1.09 bits per heavy atom. The summed E-state index contributed by atoms with van der Waals surface area (Å²) in [5, 5.41) is 18.1. The van der Waals surface area contributed by atoms with Gasteiger partial charge in [0.2, 0.25) is 17.6 Å². The summed E-state index contributed by atoms with van der Waals surface area (Å²) in [5.74, 6) is 1.46. The van der Waals surface area contributed by atoms with Gasteiger partial charge >= 0.3 is 0 Å². The van der Waals surface area contributed by atoms with Gasteiger partial charge in [0.1, 0.15) is 0 Å². The number of aryl methyl sites for hydroxylation is 1. The second-order valence-corrected chi connectivity index (χ2v) is 8.54. The molecule has 0 aliphatic carbocycles. The van der Waals surface area contributed by atoms with E-state index in [9.17, 15) is 9.59 Å². The molecular weight excluding hydrogens is 448 g/mol. The lowest BCUT2D eigenvalue weighted by Crippen LogP contribution is -2.26. The molecule has 0 fully saturated rings. The molecule has 3 heterocycles. The Balaban J connectivity index is 1.17. The van der Waals surface area contributed by atoms with Crippen molar-refractivity contribution in [3.8, 4) is 11.5 Å². The highest BCUT2D eigenvalue weighted by Gasteiger charge is 2.12. The molecule has 3 aromatic heterocycles. The summed E-state index contributed by atoms with van der Waals surface area (Å²) in [6.45, 7) is 2.06. The van der Waals surface area contributed by atoms with Gasteiger partial charge in [-0.2, -0.15) is 10.1 Å². The number of carbonyl (C=O) groups is 1. The second kappa shape index (κ2) is 11.4. The lowest BCUT2D eigenvalue weighted by molar-refractivity contribution is -0.121. The number of H-pyrrole nitrogens is 2. The third kappa shape index (κ3) is 6.54. The highest BCUT2D eigenvalue weighted by molar-refractivity contribution is 5.90. The minimum absolute atomic E-state index is 0.0804. The smallest absolute Gasteiger partial charge is 0.272 e. The zero-order valence-corrected chi connectivity index (χ0v) is 19.9. The average Bonchev–Trinajstić information content (AvgIpc) is 3.52. The molecular formula is C24H30N8O3. The number of benzene rings is 1. The molecule has 0 spiro atoms. The fourth-order valence-corrected chi connectivity index (χ4v) is 3.61. The number of amides is 1. The summed E-state index contributed by atoms with van der Waals surface area (Å²) in [6.07, 6.45) is 2.25. The molecule has 4 rings (SSSR count). The van der Waals surface area contributed by atoms with Gasteiger partial charge in [-0.15, -0.1) is 0 Å². The first-order chi connectivity index (χ1) is 17.0. The van der Waals surface area contributed by atoms with Crippen LogP contribution in [-0.2, 0) is 17.6 Å². The van der Waals surface area contributed by atoms with E-state index < -0.39 is 0 Å². The number of carbonyl (C=O) groups excluding carboxylic acids is 1. The highest BCUT2D eigenvalue weighted by atomic mass is 16.5. The number of rotatable bonds is 12. The van der Waals surface area contributed by atoms with Gasteiger partial charge in [-0.3, -0.25) is 9.59 Å². The summed E-state index contributed by atoms with van der Waals surface area (Å²) >= 11 is 0. The maximum Gasteiger partial charge on any atom is 0.272 e. The van der Waals surface area contributed by atoms with Crippen molar-refractivity contribution >= 4 is 22.5 Å². The van der Waals surface area contributed by atoms with Gasteiger partial charge in [0, 0.05) is 50.0 Å². The number of aromatic amines is 2. The number of likely N-dealkylation sites (N-methyl/N-ethyl adjacent to an activating group) is 1. The third-order valence-corrected chi connectivity index (χ3v) is 5.51. The van der Waals surface area contributed by atoms with Crippen molar-refractivity contribution < 1.29 is 9.32 Å². The van der Waals surface area contributed by atoms with E-state index in [1.165, 1.54) is 0 Å². The highest BCUT2D eigenvalue weighted by Crippen LogP contribution is 2.17. The molecule has 184 valence electrons. The summed E-state index contributed by atoms with van der Waals surface area (Å²) in [7, 11) is 4.08. The van der Waals surface area contributed by atoms with E-state index in [0.717, 1.165) is 29.7 Å². The van der Waals surface area contributed by atoms with E-state index in [1.807, 2.05) is 44.4 Å². The van der Waals surface area contributed by atoms with E-state index in [4.69, 9.17) is 4.52 Å². The van der Waals surface area contributed by atoms with Crippen LogP contribution in [0.4, 0.5) is 5.82 Å². The van der Waals surface area contributed by atoms with Gasteiger partial charge in [-0.1, -0.05) is 23.4 Å². The molecule has 1 amide bonds. The van der Waals surface area contributed by atoms with Gasteiger partial charge in [-0.05, 0) is 38.7 Å². The van der Waals surface area contributed by atoms with E-state index in [0.29, 0.717) is 48.9 Å². The van der Waals surface area contributed by atoms with E-state index in [-0.39, 0.29) is 17.9 Å². The maximum atomic E-state index is 12.2. The Morgan fingerprint density at radius 2 is 1.91 bits per heavy atom. The van der Waals surface area contributed by atoms with E-state index in [1.54, 1.807) is 6.07 Å². The van der Waals surface area contributed by atoms with Crippen molar-refractivity contribution in [1.82, 2.24) is 35.5 Å². The first kappa shape index (κ1) is 24.1. The normalized spacial score (nSPS) is 11.3. The molecule has 0 aliphatic heterocycles. The fourth-order valence-electron chi connectivity index (χ4n) is 3.61. The number of hydrogen-bond acceptors (Lipinski definition) is 8. The summed E-state index contributed by atoms with van der Waals surface area (Å²) < 4.78 is 5.30. The molecule has 0 saturated heterocycles. The van der Waals surface area contributed by atoms with Gasteiger partial charge in [-0.25, -0.2) is 5.10 Å². The zero-order chi connectivity index (χ0) is 24.6.